The van der Waals surface area contributed by atoms with Gasteiger partial charge in [0.25, 0.3) is 0 Å². The van der Waals surface area contributed by atoms with Gasteiger partial charge in [-0.3, -0.25) is 9.48 Å². The summed E-state index contributed by atoms with van der Waals surface area (Å²) in [6.07, 6.45) is 4.01. The summed E-state index contributed by atoms with van der Waals surface area (Å²) in [5.41, 5.74) is 2.36. The summed E-state index contributed by atoms with van der Waals surface area (Å²) < 4.78 is 3.31. The summed E-state index contributed by atoms with van der Waals surface area (Å²) in [5, 5.41) is 20.7. The minimum atomic E-state index is -0.836. The van der Waals surface area contributed by atoms with Crippen LogP contribution in [0.4, 0.5) is 0 Å². The molecule has 0 amide bonds. The van der Waals surface area contributed by atoms with E-state index in [1.165, 1.54) is 0 Å². The molecule has 0 aliphatic heterocycles. The third-order valence-electron chi connectivity index (χ3n) is 2.37. The highest BCUT2D eigenvalue weighted by Gasteiger charge is 2.09. The summed E-state index contributed by atoms with van der Waals surface area (Å²) in [6, 6.07) is 0. The standard InChI is InChI=1S/C10H13N5O2/c1-7-9(6-14(2)12-7)15-5-8(11-13-15)3-4-10(16)17/h5-6H,3-4H2,1-2H3,(H,16,17). The van der Waals surface area contributed by atoms with E-state index in [1.807, 2.05) is 20.2 Å². The molecule has 0 saturated heterocycles. The van der Waals surface area contributed by atoms with Crippen molar-refractivity contribution in [2.75, 3.05) is 0 Å². The molecule has 2 aromatic heterocycles. The van der Waals surface area contributed by atoms with Gasteiger partial charge in [-0.15, -0.1) is 5.10 Å². The first-order valence-corrected chi connectivity index (χ1v) is 5.20. The van der Waals surface area contributed by atoms with Crippen LogP contribution in [0.25, 0.3) is 5.69 Å². The molecule has 0 atom stereocenters. The number of aliphatic carboxylic acids is 1. The lowest BCUT2D eigenvalue weighted by molar-refractivity contribution is -0.136. The zero-order chi connectivity index (χ0) is 12.4. The fourth-order valence-electron chi connectivity index (χ4n) is 1.58. The second-order valence-electron chi connectivity index (χ2n) is 3.82. The molecule has 0 aliphatic carbocycles. The third-order valence-corrected chi connectivity index (χ3v) is 2.37. The molecule has 0 aliphatic rings. The average molecular weight is 235 g/mol. The molecule has 0 aromatic carbocycles. The molecule has 7 nitrogen and oxygen atoms in total. The van der Waals surface area contributed by atoms with Crippen molar-refractivity contribution in [2.45, 2.75) is 19.8 Å². The Morgan fingerprint density at radius 1 is 1.47 bits per heavy atom. The normalized spacial score (nSPS) is 10.7. The molecule has 2 aromatic rings. The Labute approximate surface area is 97.7 Å². The zero-order valence-electron chi connectivity index (χ0n) is 9.66. The lowest BCUT2D eigenvalue weighted by Gasteiger charge is -1.94. The average Bonchev–Trinajstić information content (AvgIpc) is 2.82. The van der Waals surface area contributed by atoms with Crippen molar-refractivity contribution in [1.82, 2.24) is 24.8 Å². The number of hydrogen-bond acceptors (Lipinski definition) is 4. The van der Waals surface area contributed by atoms with E-state index in [0.29, 0.717) is 12.1 Å². The van der Waals surface area contributed by atoms with Crippen molar-refractivity contribution in [3.8, 4) is 5.69 Å². The monoisotopic (exact) mass is 235 g/mol. The molecule has 2 heterocycles. The largest absolute Gasteiger partial charge is 0.481 e. The molecule has 0 saturated carbocycles. The maximum Gasteiger partial charge on any atom is 0.303 e. The quantitative estimate of drug-likeness (QED) is 0.825. The van der Waals surface area contributed by atoms with E-state index in [4.69, 9.17) is 5.11 Å². The van der Waals surface area contributed by atoms with Crippen LogP contribution in [0, 0.1) is 6.92 Å². The summed E-state index contributed by atoms with van der Waals surface area (Å²) in [6.45, 7) is 1.88. The lowest BCUT2D eigenvalue weighted by Crippen LogP contribution is -1.97. The van der Waals surface area contributed by atoms with Crippen molar-refractivity contribution >= 4 is 5.97 Å². The van der Waals surface area contributed by atoms with E-state index in [9.17, 15) is 4.79 Å². The summed E-state index contributed by atoms with van der Waals surface area (Å²) in [5.74, 6) is -0.836. The topological polar surface area (TPSA) is 85.8 Å². The molecule has 7 heteroatoms. The molecule has 1 N–H and O–H groups in total. The SMILES string of the molecule is Cc1nn(C)cc1-n1cc(CCC(=O)O)nn1. The van der Waals surface area contributed by atoms with E-state index in [0.717, 1.165) is 11.4 Å². The molecular weight excluding hydrogens is 222 g/mol. The molecule has 0 spiro atoms. The highest BCUT2D eigenvalue weighted by atomic mass is 16.4. The van der Waals surface area contributed by atoms with Crippen LogP contribution >= 0.6 is 0 Å². The Bertz CT molecular complexity index is 543. The number of carbonyl (C=O) groups is 1. The molecular formula is C10H13N5O2. The predicted octanol–water partition coefficient (Wildman–Crippen LogP) is 0.326. The van der Waals surface area contributed by atoms with Crippen LogP contribution < -0.4 is 0 Å². The van der Waals surface area contributed by atoms with Gasteiger partial charge >= 0.3 is 5.97 Å². The number of rotatable bonds is 4. The van der Waals surface area contributed by atoms with Crippen molar-refractivity contribution in [2.24, 2.45) is 7.05 Å². The van der Waals surface area contributed by atoms with Crippen LogP contribution in [0.2, 0.25) is 0 Å². The molecule has 0 unspecified atom stereocenters. The van der Waals surface area contributed by atoms with Crippen LogP contribution in [0.3, 0.4) is 0 Å². The molecule has 0 fully saturated rings. The number of nitrogens with zero attached hydrogens (tertiary/aromatic N) is 5. The summed E-state index contributed by atoms with van der Waals surface area (Å²) in [4.78, 5) is 10.4. The van der Waals surface area contributed by atoms with E-state index in [-0.39, 0.29) is 6.42 Å². The molecule has 2 rings (SSSR count). The molecule has 0 bridgehead atoms. The van der Waals surface area contributed by atoms with Gasteiger partial charge in [0, 0.05) is 13.5 Å². The van der Waals surface area contributed by atoms with Crippen molar-refractivity contribution in [3.05, 3.63) is 23.8 Å². The predicted molar refractivity (Wildman–Crippen MR) is 58.8 cm³/mol. The fourth-order valence-corrected chi connectivity index (χ4v) is 1.58. The summed E-state index contributed by atoms with van der Waals surface area (Å²) >= 11 is 0. The van der Waals surface area contributed by atoms with Gasteiger partial charge in [-0.05, 0) is 6.92 Å². The van der Waals surface area contributed by atoms with Crippen LogP contribution in [0.5, 0.6) is 0 Å². The maximum absolute atomic E-state index is 10.4. The van der Waals surface area contributed by atoms with Gasteiger partial charge in [-0.25, -0.2) is 4.68 Å². The van der Waals surface area contributed by atoms with Gasteiger partial charge in [-0.1, -0.05) is 5.21 Å². The first-order valence-electron chi connectivity index (χ1n) is 5.20. The first-order chi connectivity index (χ1) is 8.06. The van der Waals surface area contributed by atoms with Crippen molar-refractivity contribution < 1.29 is 9.90 Å². The van der Waals surface area contributed by atoms with Gasteiger partial charge < -0.3 is 5.11 Å². The van der Waals surface area contributed by atoms with Crippen molar-refractivity contribution in [1.29, 1.82) is 0 Å². The van der Waals surface area contributed by atoms with Crippen molar-refractivity contribution in [3.63, 3.8) is 0 Å². The highest BCUT2D eigenvalue weighted by molar-refractivity contribution is 5.66. The lowest BCUT2D eigenvalue weighted by atomic mass is 10.2. The van der Waals surface area contributed by atoms with Crippen LogP contribution in [-0.4, -0.2) is 35.9 Å². The highest BCUT2D eigenvalue weighted by Crippen LogP contribution is 2.11. The maximum atomic E-state index is 10.4. The Hall–Kier alpha value is -2.18. The van der Waals surface area contributed by atoms with Gasteiger partial charge in [-0.2, -0.15) is 5.10 Å². The van der Waals surface area contributed by atoms with Gasteiger partial charge in [0.1, 0.15) is 5.69 Å². The molecule has 90 valence electrons. The Balaban J connectivity index is 2.18. The fraction of sp³-hybridized carbons (Fsp3) is 0.400. The van der Waals surface area contributed by atoms with E-state index in [1.54, 1.807) is 15.6 Å². The van der Waals surface area contributed by atoms with E-state index in [2.05, 4.69) is 15.4 Å². The summed E-state index contributed by atoms with van der Waals surface area (Å²) in [7, 11) is 1.83. The second kappa shape index (κ2) is 4.36. The number of hydrogen-bond donors (Lipinski definition) is 1. The first kappa shape index (κ1) is 11.3. The molecule has 17 heavy (non-hydrogen) atoms. The van der Waals surface area contributed by atoms with Gasteiger partial charge in [0.15, 0.2) is 0 Å². The van der Waals surface area contributed by atoms with Gasteiger partial charge in [0.2, 0.25) is 0 Å². The Morgan fingerprint density at radius 2 is 2.24 bits per heavy atom. The zero-order valence-corrected chi connectivity index (χ0v) is 9.66. The number of carboxylic acid groups (broad SMARTS) is 1. The number of aromatic nitrogens is 5. The van der Waals surface area contributed by atoms with E-state index < -0.39 is 5.97 Å². The van der Waals surface area contributed by atoms with Crippen LogP contribution in [0.15, 0.2) is 12.4 Å². The number of carboxylic acids is 1. The van der Waals surface area contributed by atoms with Crippen LogP contribution in [-0.2, 0) is 18.3 Å². The smallest absolute Gasteiger partial charge is 0.303 e. The Morgan fingerprint density at radius 3 is 2.82 bits per heavy atom. The number of aryl methyl sites for hydroxylation is 3. The van der Waals surface area contributed by atoms with Crippen LogP contribution in [0.1, 0.15) is 17.8 Å². The minimum absolute atomic E-state index is 0.0602. The van der Waals surface area contributed by atoms with E-state index >= 15 is 0 Å². The molecule has 0 radical (unpaired) electrons. The third kappa shape index (κ3) is 2.49. The minimum Gasteiger partial charge on any atom is -0.481 e. The Kier molecular flexibility index (Phi) is 2.90. The van der Waals surface area contributed by atoms with Gasteiger partial charge in [0.05, 0.1) is 30.2 Å². The second-order valence-corrected chi connectivity index (χ2v) is 3.82.